The van der Waals surface area contributed by atoms with Gasteiger partial charge in [-0.3, -0.25) is 0 Å². The molecule has 5 nitrogen and oxygen atoms in total. The van der Waals surface area contributed by atoms with Gasteiger partial charge in [0, 0.05) is 7.11 Å². The Kier molecular flexibility index (Phi) is 4.00. The molecule has 0 atom stereocenters. The van der Waals surface area contributed by atoms with Crippen molar-refractivity contribution < 1.29 is 9.15 Å². The van der Waals surface area contributed by atoms with Crippen LogP contribution in [-0.2, 0) is 11.3 Å². The van der Waals surface area contributed by atoms with E-state index in [9.17, 15) is 0 Å². The molecule has 0 aliphatic carbocycles. The van der Waals surface area contributed by atoms with Gasteiger partial charge in [0.05, 0.1) is 15.9 Å². The summed E-state index contributed by atoms with van der Waals surface area (Å²) >= 11 is 5.33. The number of nitrogen functional groups attached to an aromatic ring is 1. The third-order valence-electron chi connectivity index (χ3n) is 2.02. The highest BCUT2D eigenvalue weighted by molar-refractivity contribution is 14.1. The Balaban J connectivity index is 2.48. The minimum Gasteiger partial charge on any atom is -0.446 e. The molecule has 0 aromatic carbocycles. The van der Waals surface area contributed by atoms with E-state index in [0.717, 1.165) is 9.26 Å². The zero-order valence-corrected chi connectivity index (χ0v) is 12.6. The molecule has 0 radical (unpaired) electrons. The number of nitrogens with two attached hydrogens (primary N) is 1. The first-order chi connectivity index (χ1) is 8.11. The van der Waals surface area contributed by atoms with Crippen LogP contribution in [0.3, 0.4) is 0 Å². The number of halogens is 2. The van der Waals surface area contributed by atoms with E-state index in [1.54, 1.807) is 19.2 Å². The molecule has 2 aromatic heterocycles. The van der Waals surface area contributed by atoms with Gasteiger partial charge in [0.2, 0.25) is 0 Å². The van der Waals surface area contributed by atoms with Gasteiger partial charge >= 0.3 is 0 Å². The van der Waals surface area contributed by atoms with Crippen molar-refractivity contribution in [3.8, 4) is 11.6 Å². The number of nitrogens with zero attached hydrogens (tertiary/aromatic N) is 2. The second-order valence-corrected chi connectivity index (χ2v) is 5.09. The van der Waals surface area contributed by atoms with Crippen LogP contribution in [-0.4, -0.2) is 17.1 Å². The maximum Gasteiger partial charge on any atom is 0.198 e. The van der Waals surface area contributed by atoms with Crippen molar-refractivity contribution in [3.63, 3.8) is 0 Å². The fraction of sp³-hybridized carbons (Fsp3) is 0.200. The summed E-state index contributed by atoms with van der Waals surface area (Å²) in [5, 5.41) is 0. The SMILES string of the molecule is COCc1nc(-c2ccc(Br)o2)nc(N)c1I. The Labute approximate surface area is 120 Å². The molecule has 90 valence electrons. The highest BCUT2D eigenvalue weighted by atomic mass is 127. The molecule has 0 saturated heterocycles. The number of anilines is 1. The molecule has 0 fully saturated rings. The van der Waals surface area contributed by atoms with Gasteiger partial charge in [-0.05, 0) is 50.7 Å². The van der Waals surface area contributed by atoms with Crippen LogP contribution in [0.15, 0.2) is 21.2 Å². The number of hydrogen-bond donors (Lipinski definition) is 1. The van der Waals surface area contributed by atoms with E-state index in [-0.39, 0.29) is 0 Å². The summed E-state index contributed by atoms with van der Waals surface area (Å²) in [7, 11) is 1.61. The summed E-state index contributed by atoms with van der Waals surface area (Å²) in [5.74, 6) is 1.45. The number of hydrogen-bond acceptors (Lipinski definition) is 5. The average molecular weight is 410 g/mol. The Morgan fingerprint density at radius 2 is 2.24 bits per heavy atom. The van der Waals surface area contributed by atoms with Crippen molar-refractivity contribution in [1.29, 1.82) is 0 Å². The number of ether oxygens (including phenoxy) is 1. The standard InChI is InChI=1S/C10H9BrIN3O2/c1-16-4-5-8(12)9(13)15-10(14-5)6-2-3-7(11)17-6/h2-3H,4H2,1H3,(H2,13,14,15). The Morgan fingerprint density at radius 3 is 2.82 bits per heavy atom. The third kappa shape index (κ3) is 2.78. The monoisotopic (exact) mass is 409 g/mol. The van der Waals surface area contributed by atoms with Gasteiger partial charge in [0.15, 0.2) is 16.3 Å². The van der Waals surface area contributed by atoms with Crippen molar-refractivity contribution >= 4 is 44.3 Å². The fourth-order valence-electron chi connectivity index (χ4n) is 1.29. The summed E-state index contributed by atoms with van der Waals surface area (Å²) in [6.45, 7) is 0.389. The van der Waals surface area contributed by atoms with Crippen LogP contribution in [0.2, 0.25) is 0 Å². The predicted octanol–water partition coefficient (Wildman–Crippen LogP) is 2.83. The first kappa shape index (κ1) is 12.8. The van der Waals surface area contributed by atoms with Crippen molar-refractivity contribution in [2.45, 2.75) is 6.61 Å². The van der Waals surface area contributed by atoms with E-state index in [1.807, 2.05) is 0 Å². The smallest absolute Gasteiger partial charge is 0.198 e. The molecule has 0 aliphatic heterocycles. The van der Waals surface area contributed by atoms with E-state index in [4.69, 9.17) is 14.9 Å². The normalized spacial score (nSPS) is 10.8. The summed E-state index contributed by atoms with van der Waals surface area (Å²) < 4.78 is 11.9. The predicted molar refractivity (Wildman–Crippen MR) is 75.3 cm³/mol. The number of methoxy groups -OCH3 is 1. The molecule has 0 saturated carbocycles. The van der Waals surface area contributed by atoms with Gasteiger partial charge in [-0.25, -0.2) is 9.97 Å². The first-order valence-corrected chi connectivity index (χ1v) is 6.55. The van der Waals surface area contributed by atoms with E-state index in [1.165, 1.54) is 0 Å². The minimum absolute atomic E-state index is 0.389. The van der Waals surface area contributed by atoms with Gasteiger partial charge in [-0.2, -0.15) is 0 Å². The van der Waals surface area contributed by atoms with Gasteiger partial charge in [0.25, 0.3) is 0 Å². The Morgan fingerprint density at radius 1 is 1.47 bits per heavy atom. The maximum absolute atomic E-state index is 5.83. The summed E-state index contributed by atoms with van der Waals surface area (Å²) in [5.41, 5.74) is 6.58. The maximum atomic E-state index is 5.83. The second-order valence-electron chi connectivity index (χ2n) is 3.23. The largest absolute Gasteiger partial charge is 0.446 e. The van der Waals surface area contributed by atoms with Crippen LogP contribution in [0.25, 0.3) is 11.6 Å². The molecule has 2 aromatic rings. The topological polar surface area (TPSA) is 74.2 Å². The lowest BCUT2D eigenvalue weighted by molar-refractivity contribution is 0.181. The molecule has 17 heavy (non-hydrogen) atoms. The van der Waals surface area contributed by atoms with E-state index in [0.29, 0.717) is 28.7 Å². The molecule has 0 bridgehead atoms. The van der Waals surface area contributed by atoms with Crippen LogP contribution in [0.1, 0.15) is 5.69 Å². The van der Waals surface area contributed by atoms with Crippen LogP contribution in [0.4, 0.5) is 5.82 Å². The van der Waals surface area contributed by atoms with Crippen LogP contribution in [0.5, 0.6) is 0 Å². The van der Waals surface area contributed by atoms with Crippen LogP contribution in [0, 0.1) is 3.57 Å². The lowest BCUT2D eigenvalue weighted by Crippen LogP contribution is -2.05. The van der Waals surface area contributed by atoms with Crippen molar-refractivity contribution in [2.75, 3.05) is 12.8 Å². The Hall–Kier alpha value is -0.670. The zero-order valence-electron chi connectivity index (χ0n) is 8.91. The van der Waals surface area contributed by atoms with Gasteiger partial charge < -0.3 is 14.9 Å². The Bertz CT molecular complexity index is 544. The summed E-state index contributed by atoms with van der Waals surface area (Å²) in [4.78, 5) is 8.56. The molecular weight excluding hydrogens is 401 g/mol. The molecule has 0 unspecified atom stereocenters. The number of aromatic nitrogens is 2. The van der Waals surface area contributed by atoms with E-state index in [2.05, 4.69) is 48.5 Å². The molecule has 2 rings (SSSR count). The molecular formula is C10H9BrIN3O2. The molecule has 0 aliphatic rings. The lowest BCUT2D eigenvalue weighted by Gasteiger charge is -2.06. The minimum atomic E-state index is 0.389. The lowest BCUT2D eigenvalue weighted by atomic mass is 10.3. The summed E-state index contributed by atoms with van der Waals surface area (Å²) in [6, 6.07) is 3.56. The first-order valence-electron chi connectivity index (χ1n) is 4.68. The second kappa shape index (κ2) is 5.32. The van der Waals surface area contributed by atoms with Gasteiger partial charge in [0.1, 0.15) is 5.82 Å². The van der Waals surface area contributed by atoms with Crippen molar-refractivity contribution in [2.24, 2.45) is 0 Å². The van der Waals surface area contributed by atoms with Crippen molar-refractivity contribution in [3.05, 3.63) is 26.1 Å². The fourth-order valence-corrected chi connectivity index (χ4v) is 1.99. The van der Waals surface area contributed by atoms with Gasteiger partial charge in [-0.15, -0.1) is 0 Å². The highest BCUT2D eigenvalue weighted by Gasteiger charge is 2.13. The molecule has 7 heteroatoms. The molecule has 2 N–H and O–H groups in total. The van der Waals surface area contributed by atoms with Gasteiger partial charge in [-0.1, -0.05) is 0 Å². The molecule has 0 spiro atoms. The number of rotatable bonds is 3. The zero-order chi connectivity index (χ0) is 12.4. The number of furan rings is 1. The molecule has 0 amide bonds. The third-order valence-corrected chi connectivity index (χ3v) is 3.62. The van der Waals surface area contributed by atoms with Crippen LogP contribution >= 0.6 is 38.5 Å². The summed E-state index contributed by atoms with van der Waals surface area (Å²) in [6.07, 6.45) is 0. The molecule has 2 heterocycles. The van der Waals surface area contributed by atoms with E-state index >= 15 is 0 Å². The average Bonchev–Trinajstić information content (AvgIpc) is 2.71. The quantitative estimate of drug-likeness (QED) is 0.789. The highest BCUT2D eigenvalue weighted by Crippen LogP contribution is 2.25. The van der Waals surface area contributed by atoms with E-state index < -0.39 is 0 Å². The van der Waals surface area contributed by atoms with Crippen LogP contribution < -0.4 is 5.73 Å². The van der Waals surface area contributed by atoms with Crippen molar-refractivity contribution in [1.82, 2.24) is 9.97 Å².